The molecular formula is C5H2F8O. The maximum absolute atomic E-state index is 12.0. The Morgan fingerprint density at radius 1 is 1.00 bits per heavy atom. The van der Waals surface area contributed by atoms with Crippen LogP contribution in [0.5, 0.6) is 0 Å². The molecule has 0 aliphatic rings. The summed E-state index contributed by atoms with van der Waals surface area (Å²) in [6.45, 7) is 0. The van der Waals surface area contributed by atoms with Crippen LogP contribution in [0.3, 0.4) is 0 Å². The van der Waals surface area contributed by atoms with Crippen molar-refractivity contribution in [2.75, 3.05) is 0 Å². The standard InChI is InChI=1S/C5H2F8O/c6-1(2(7)8)4(10,11)5(12,13)3(9)14/h1-2H. The Bertz CT molecular complexity index is 224. The Kier molecular flexibility index (Phi) is 3.46. The Morgan fingerprint density at radius 2 is 1.36 bits per heavy atom. The van der Waals surface area contributed by atoms with Crippen LogP contribution in [0.4, 0.5) is 35.1 Å². The predicted octanol–water partition coefficient (Wildman–Crippen LogP) is 2.36. The zero-order chi connectivity index (χ0) is 11.7. The first-order valence-corrected chi connectivity index (χ1v) is 2.93. The van der Waals surface area contributed by atoms with E-state index in [1.165, 1.54) is 0 Å². The number of hydrogen-bond donors (Lipinski definition) is 0. The van der Waals surface area contributed by atoms with Crippen molar-refractivity contribution in [1.29, 1.82) is 0 Å². The lowest BCUT2D eigenvalue weighted by atomic mass is 10.1. The van der Waals surface area contributed by atoms with E-state index in [2.05, 4.69) is 0 Å². The van der Waals surface area contributed by atoms with Crippen LogP contribution in [-0.2, 0) is 4.79 Å². The van der Waals surface area contributed by atoms with Gasteiger partial charge in [0.25, 0.3) is 6.43 Å². The van der Waals surface area contributed by atoms with Crippen LogP contribution in [0, 0.1) is 0 Å². The number of alkyl halides is 7. The lowest BCUT2D eigenvalue weighted by Gasteiger charge is -2.24. The molecule has 0 aromatic carbocycles. The maximum atomic E-state index is 12.0. The molecule has 0 aliphatic carbocycles. The van der Waals surface area contributed by atoms with Gasteiger partial charge in [0.1, 0.15) is 0 Å². The third-order valence-electron chi connectivity index (χ3n) is 1.23. The number of rotatable bonds is 4. The molecule has 0 radical (unpaired) electrons. The Hall–Kier alpha value is -0.890. The van der Waals surface area contributed by atoms with Gasteiger partial charge in [0.05, 0.1) is 0 Å². The van der Waals surface area contributed by atoms with E-state index in [-0.39, 0.29) is 0 Å². The maximum Gasteiger partial charge on any atom is 0.401 e. The van der Waals surface area contributed by atoms with E-state index in [1.54, 1.807) is 0 Å². The van der Waals surface area contributed by atoms with E-state index < -0.39 is 30.5 Å². The zero-order valence-corrected chi connectivity index (χ0v) is 6.09. The van der Waals surface area contributed by atoms with Gasteiger partial charge in [-0.1, -0.05) is 0 Å². The fourth-order valence-electron chi connectivity index (χ4n) is 0.462. The lowest BCUT2D eigenvalue weighted by molar-refractivity contribution is -0.253. The van der Waals surface area contributed by atoms with Gasteiger partial charge >= 0.3 is 17.9 Å². The van der Waals surface area contributed by atoms with E-state index in [4.69, 9.17) is 0 Å². The molecule has 0 N–H and O–H groups in total. The van der Waals surface area contributed by atoms with E-state index in [9.17, 15) is 39.9 Å². The van der Waals surface area contributed by atoms with Gasteiger partial charge in [-0.3, -0.25) is 4.79 Å². The third-order valence-corrected chi connectivity index (χ3v) is 1.23. The van der Waals surface area contributed by atoms with Crippen molar-refractivity contribution in [3.05, 3.63) is 0 Å². The monoisotopic (exact) mass is 230 g/mol. The van der Waals surface area contributed by atoms with Gasteiger partial charge in [0.15, 0.2) is 0 Å². The molecule has 1 unspecified atom stereocenters. The summed E-state index contributed by atoms with van der Waals surface area (Å²) in [7, 11) is 0. The van der Waals surface area contributed by atoms with E-state index in [1.807, 2.05) is 0 Å². The molecule has 0 aromatic heterocycles. The van der Waals surface area contributed by atoms with Gasteiger partial charge in [-0.25, -0.2) is 13.2 Å². The highest BCUT2D eigenvalue weighted by Crippen LogP contribution is 2.41. The molecule has 84 valence electrons. The minimum Gasteiger partial charge on any atom is -0.254 e. The van der Waals surface area contributed by atoms with Crippen LogP contribution < -0.4 is 0 Å². The third kappa shape index (κ3) is 1.95. The van der Waals surface area contributed by atoms with E-state index in [0.717, 1.165) is 0 Å². The molecule has 0 aliphatic heterocycles. The van der Waals surface area contributed by atoms with Crippen molar-refractivity contribution in [3.8, 4) is 0 Å². The fourth-order valence-corrected chi connectivity index (χ4v) is 0.462. The van der Waals surface area contributed by atoms with Crippen molar-refractivity contribution in [3.63, 3.8) is 0 Å². The topological polar surface area (TPSA) is 17.1 Å². The normalized spacial score (nSPS) is 15.8. The summed E-state index contributed by atoms with van der Waals surface area (Å²) < 4.78 is 93.6. The summed E-state index contributed by atoms with van der Waals surface area (Å²) in [5.74, 6) is -12.2. The van der Waals surface area contributed by atoms with Crippen LogP contribution in [0.1, 0.15) is 0 Å². The van der Waals surface area contributed by atoms with Gasteiger partial charge in [0.2, 0.25) is 6.17 Å². The summed E-state index contributed by atoms with van der Waals surface area (Å²) in [5, 5.41) is 0. The van der Waals surface area contributed by atoms with Crippen LogP contribution in [0.15, 0.2) is 0 Å². The van der Waals surface area contributed by atoms with Gasteiger partial charge in [-0.2, -0.15) is 22.0 Å². The molecule has 0 amide bonds. The summed E-state index contributed by atoms with van der Waals surface area (Å²) >= 11 is 0. The average Bonchev–Trinajstić information content (AvgIpc) is 2.01. The molecule has 0 saturated heterocycles. The van der Waals surface area contributed by atoms with Gasteiger partial charge in [0, 0.05) is 0 Å². The molecule has 0 aromatic rings. The molecule has 0 bridgehead atoms. The molecule has 9 heteroatoms. The lowest BCUT2D eigenvalue weighted by Crippen LogP contribution is -2.53. The second kappa shape index (κ2) is 3.70. The van der Waals surface area contributed by atoms with Crippen molar-refractivity contribution >= 4 is 6.04 Å². The van der Waals surface area contributed by atoms with Gasteiger partial charge in [-0.05, 0) is 0 Å². The molecule has 1 nitrogen and oxygen atoms in total. The second-order valence-corrected chi connectivity index (χ2v) is 2.21. The molecular weight excluding hydrogens is 228 g/mol. The number of carbonyl (C=O) groups is 1. The molecule has 0 heterocycles. The second-order valence-electron chi connectivity index (χ2n) is 2.21. The van der Waals surface area contributed by atoms with Crippen LogP contribution >= 0.6 is 0 Å². The average molecular weight is 230 g/mol. The summed E-state index contributed by atoms with van der Waals surface area (Å²) in [5.41, 5.74) is 0. The first kappa shape index (κ1) is 13.1. The fraction of sp³-hybridized carbons (Fsp3) is 0.800. The Labute approximate surface area is 71.7 Å². The van der Waals surface area contributed by atoms with Gasteiger partial charge in [-0.15, -0.1) is 0 Å². The minimum atomic E-state index is -6.09. The van der Waals surface area contributed by atoms with Crippen molar-refractivity contribution in [1.82, 2.24) is 0 Å². The quantitative estimate of drug-likeness (QED) is 0.535. The number of carbonyl (C=O) groups excluding carboxylic acids is 1. The smallest absolute Gasteiger partial charge is 0.254 e. The van der Waals surface area contributed by atoms with Crippen molar-refractivity contribution in [2.24, 2.45) is 0 Å². The minimum absolute atomic E-state index is 3.87. The van der Waals surface area contributed by atoms with Crippen LogP contribution in [0.2, 0.25) is 0 Å². The largest absolute Gasteiger partial charge is 0.401 e. The van der Waals surface area contributed by atoms with E-state index >= 15 is 0 Å². The highest BCUT2D eigenvalue weighted by Gasteiger charge is 2.69. The highest BCUT2D eigenvalue weighted by molar-refractivity contribution is 5.77. The number of hydrogen-bond acceptors (Lipinski definition) is 1. The van der Waals surface area contributed by atoms with E-state index in [0.29, 0.717) is 0 Å². The molecule has 0 saturated carbocycles. The summed E-state index contributed by atoms with van der Waals surface area (Å²) in [4.78, 5) is 9.33. The van der Waals surface area contributed by atoms with Gasteiger partial charge < -0.3 is 0 Å². The summed E-state index contributed by atoms with van der Waals surface area (Å²) in [6, 6.07) is -3.87. The highest BCUT2D eigenvalue weighted by atomic mass is 19.3. The molecule has 0 fully saturated rings. The molecule has 0 rings (SSSR count). The molecule has 14 heavy (non-hydrogen) atoms. The molecule has 0 spiro atoms. The first-order chi connectivity index (χ1) is 6.05. The van der Waals surface area contributed by atoms with Crippen LogP contribution in [0.25, 0.3) is 0 Å². The SMILES string of the molecule is O=C(F)C(F)(F)C(F)(F)C(F)C(F)F. The summed E-state index contributed by atoms with van der Waals surface area (Å²) in [6.07, 6.45) is -9.06. The number of halogens is 8. The zero-order valence-electron chi connectivity index (χ0n) is 6.09. The Balaban J connectivity index is 5.03. The van der Waals surface area contributed by atoms with Crippen LogP contribution in [-0.4, -0.2) is 30.5 Å². The first-order valence-electron chi connectivity index (χ1n) is 2.93. The Morgan fingerprint density at radius 3 is 1.57 bits per heavy atom. The van der Waals surface area contributed by atoms with Crippen molar-refractivity contribution in [2.45, 2.75) is 24.4 Å². The molecule has 1 atom stereocenters. The van der Waals surface area contributed by atoms with Crippen molar-refractivity contribution < 1.29 is 39.9 Å². The predicted molar refractivity (Wildman–Crippen MR) is 26.9 cm³/mol.